The maximum atomic E-state index is 11.9. The molecule has 0 saturated carbocycles. The van der Waals surface area contributed by atoms with Gasteiger partial charge in [-0.3, -0.25) is 0 Å². The van der Waals surface area contributed by atoms with Crippen LogP contribution in [0.3, 0.4) is 0 Å². The van der Waals surface area contributed by atoms with Crippen LogP contribution in [-0.4, -0.2) is 25.8 Å². The van der Waals surface area contributed by atoms with Crippen LogP contribution in [0.1, 0.15) is 75.2 Å². The van der Waals surface area contributed by atoms with E-state index >= 15 is 0 Å². The summed E-state index contributed by atoms with van der Waals surface area (Å²) in [5.41, 5.74) is 1.77. The molecule has 0 saturated heterocycles. The summed E-state index contributed by atoms with van der Waals surface area (Å²) < 4.78 is 10.8. The zero-order chi connectivity index (χ0) is 17.6. The minimum absolute atomic E-state index is 0.265. The van der Waals surface area contributed by atoms with Gasteiger partial charge in [0.2, 0.25) is 0 Å². The van der Waals surface area contributed by atoms with Gasteiger partial charge in [0.05, 0.1) is 12.2 Å². The van der Waals surface area contributed by atoms with Crippen LogP contribution < -0.4 is 0 Å². The molecule has 0 aromatic heterocycles. The third-order valence-corrected chi connectivity index (χ3v) is 4.10. The van der Waals surface area contributed by atoms with Crippen LogP contribution in [0.25, 0.3) is 0 Å². The molecule has 0 spiro atoms. The zero-order valence-electron chi connectivity index (χ0n) is 15.7. The van der Waals surface area contributed by atoms with Gasteiger partial charge in [-0.15, -0.1) is 0 Å². The number of esters is 1. The van der Waals surface area contributed by atoms with Gasteiger partial charge in [-0.2, -0.15) is 0 Å². The van der Waals surface area contributed by atoms with Crippen LogP contribution in [-0.2, 0) is 15.9 Å². The summed E-state index contributed by atoms with van der Waals surface area (Å²) in [6.45, 7) is 8.19. The van der Waals surface area contributed by atoms with E-state index < -0.39 is 0 Å². The summed E-state index contributed by atoms with van der Waals surface area (Å²) in [6, 6.07) is 7.60. The fourth-order valence-electron chi connectivity index (χ4n) is 2.58. The van der Waals surface area contributed by atoms with Crippen molar-refractivity contribution in [1.29, 1.82) is 0 Å². The van der Waals surface area contributed by atoms with Crippen LogP contribution in [0.15, 0.2) is 24.3 Å². The fraction of sp³-hybridized carbons (Fsp3) is 0.667. The van der Waals surface area contributed by atoms with E-state index in [9.17, 15) is 4.79 Å². The Morgan fingerprint density at radius 2 is 1.75 bits per heavy atom. The second kappa shape index (κ2) is 13.0. The van der Waals surface area contributed by atoms with Gasteiger partial charge in [0.1, 0.15) is 6.61 Å². The second-order valence-corrected chi connectivity index (χ2v) is 6.75. The van der Waals surface area contributed by atoms with Crippen LogP contribution >= 0.6 is 0 Å². The number of benzene rings is 1. The molecule has 0 unspecified atom stereocenters. The lowest BCUT2D eigenvalue weighted by molar-refractivity contribution is 0.0312. The molecule has 3 heteroatoms. The number of hydrogen-bond acceptors (Lipinski definition) is 3. The van der Waals surface area contributed by atoms with Gasteiger partial charge in [-0.05, 0) is 36.5 Å². The maximum absolute atomic E-state index is 11.9. The lowest BCUT2D eigenvalue weighted by Crippen LogP contribution is -2.11. The van der Waals surface area contributed by atoms with Crippen LogP contribution in [0.2, 0.25) is 0 Å². The first-order chi connectivity index (χ1) is 11.6. The van der Waals surface area contributed by atoms with Crippen molar-refractivity contribution < 1.29 is 14.3 Å². The number of hydrogen-bond donors (Lipinski definition) is 0. The predicted octanol–water partition coefficient (Wildman–Crippen LogP) is 5.42. The highest BCUT2D eigenvalue weighted by molar-refractivity contribution is 5.89. The molecule has 3 nitrogen and oxygen atoms in total. The van der Waals surface area contributed by atoms with Gasteiger partial charge in [0.15, 0.2) is 0 Å². The molecule has 1 rings (SSSR count). The highest BCUT2D eigenvalue weighted by Gasteiger charge is 2.07. The van der Waals surface area contributed by atoms with E-state index in [0.29, 0.717) is 18.8 Å². The molecule has 0 bridgehead atoms. The highest BCUT2D eigenvalue weighted by Crippen LogP contribution is 2.10. The largest absolute Gasteiger partial charge is 0.460 e. The molecular weight excluding hydrogens is 300 g/mol. The first-order valence-corrected chi connectivity index (χ1v) is 9.47. The van der Waals surface area contributed by atoms with Crippen molar-refractivity contribution in [1.82, 2.24) is 0 Å². The molecule has 1 aromatic rings. The van der Waals surface area contributed by atoms with Gasteiger partial charge < -0.3 is 9.47 Å². The summed E-state index contributed by atoms with van der Waals surface area (Å²) >= 11 is 0. The predicted molar refractivity (Wildman–Crippen MR) is 99.5 cm³/mol. The molecule has 1 aromatic carbocycles. The molecule has 0 amide bonds. The summed E-state index contributed by atoms with van der Waals surface area (Å²) in [5, 5.41) is 0. The molecule has 136 valence electrons. The lowest BCUT2D eigenvalue weighted by Gasteiger charge is -2.07. The third kappa shape index (κ3) is 9.71. The van der Waals surface area contributed by atoms with Gasteiger partial charge >= 0.3 is 5.97 Å². The Morgan fingerprint density at radius 3 is 2.50 bits per heavy atom. The van der Waals surface area contributed by atoms with E-state index in [-0.39, 0.29) is 5.97 Å². The Kier molecular flexibility index (Phi) is 11.2. The van der Waals surface area contributed by atoms with Gasteiger partial charge in [0, 0.05) is 6.61 Å². The molecule has 0 fully saturated rings. The van der Waals surface area contributed by atoms with Gasteiger partial charge in [0.25, 0.3) is 0 Å². The molecular formula is C21H34O3. The molecule has 24 heavy (non-hydrogen) atoms. The molecule has 0 aliphatic carbocycles. The molecule has 0 aliphatic heterocycles. The Labute approximate surface area is 147 Å². The average molecular weight is 334 g/mol. The fourth-order valence-corrected chi connectivity index (χ4v) is 2.58. The minimum atomic E-state index is -0.265. The minimum Gasteiger partial charge on any atom is -0.460 e. The van der Waals surface area contributed by atoms with E-state index in [1.807, 2.05) is 18.2 Å². The summed E-state index contributed by atoms with van der Waals surface area (Å²) in [5.74, 6) is 0.555. The molecule has 0 aliphatic rings. The van der Waals surface area contributed by atoms with Gasteiger partial charge in [-0.1, -0.05) is 65.0 Å². The molecule has 0 atom stereocenters. The van der Waals surface area contributed by atoms with E-state index in [1.165, 1.54) is 32.1 Å². The van der Waals surface area contributed by atoms with Crippen molar-refractivity contribution >= 4 is 5.97 Å². The Hall–Kier alpha value is -1.35. The van der Waals surface area contributed by atoms with Crippen molar-refractivity contribution in [2.75, 3.05) is 19.8 Å². The maximum Gasteiger partial charge on any atom is 0.338 e. The van der Waals surface area contributed by atoms with E-state index in [4.69, 9.17) is 9.47 Å². The van der Waals surface area contributed by atoms with Gasteiger partial charge in [-0.25, -0.2) is 4.79 Å². The van der Waals surface area contributed by atoms with Crippen molar-refractivity contribution in [2.45, 2.75) is 65.7 Å². The Bertz CT molecular complexity index is 454. The summed E-state index contributed by atoms with van der Waals surface area (Å²) in [6.07, 6.45) is 8.53. The Balaban J connectivity index is 1.97. The van der Waals surface area contributed by atoms with E-state index in [0.717, 1.165) is 30.9 Å². The number of ether oxygens (including phenoxy) is 2. The van der Waals surface area contributed by atoms with E-state index in [1.54, 1.807) is 6.07 Å². The average Bonchev–Trinajstić information content (AvgIpc) is 2.59. The van der Waals surface area contributed by atoms with Crippen LogP contribution in [0, 0.1) is 5.92 Å². The quantitative estimate of drug-likeness (QED) is 0.357. The molecule has 0 radical (unpaired) electrons. The van der Waals surface area contributed by atoms with Crippen molar-refractivity contribution in [3.8, 4) is 0 Å². The van der Waals surface area contributed by atoms with Crippen molar-refractivity contribution in [3.05, 3.63) is 35.4 Å². The standard InChI is InChI=1S/C21H34O3/c1-4-19-12-10-13-20(17-19)21(22)24-16-15-23-14-9-7-5-6-8-11-18(2)3/h10,12-13,17-18H,4-9,11,14-16H2,1-3H3. The highest BCUT2D eigenvalue weighted by atomic mass is 16.6. The van der Waals surface area contributed by atoms with Crippen molar-refractivity contribution in [3.63, 3.8) is 0 Å². The SMILES string of the molecule is CCc1cccc(C(=O)OCCOCCCCCCCC(C)C)c1. The smallest absolute Gasteiger partial charge is 0.338 e. The van der Waals surface area contributed by atoms with E-state index in [2.05, 4.69) is 20.8 Å². The molecule has 0 N–H and O–H groups in total. The Morgan fingerprint density at radius 1 is 1.00 bits per heavy atom. The monoisotopic (exact) mass is 334 g/mol. The van der Waals surface area contributed by atoms with Crippen LogP contribution in [0.4, 0.5) is 0 Å². The lowest BCUT2D eigenvalue weighted by atomic mass is 10.0. The molecule has 0 heterocycles. The normalized spacial score (nSPS) is 11.0. The summed E-state index contributed by atoms with van der Waals surface area (Å²) in [4.78, 5) is 11.9. The number of unbranched alkanes of at least 4 members (excludes halogenated alkanes) is 4. The zero-order valence-corrected chi connectivity index (χ0v) is 15.7. The number of aryl methyl sites for hydroxylation is 1. The first-order valence-electron chi connectivity index (χ1n) is 9.47. The number of carbonyl (C=O) groups excluding carboxylic acids is 1. The topological polar surface area (TPSA) is 35.5 Å². The summed E-state index contributed by atoms with van der Waals surface area (Å²) in [7, 11) is 0. The number of carbonyl (C=O) groups is 1. The third-order valence-electron chi connectivity index (χ3n) is 4.10. The number of rotatable bonds is 13. The van der Waals surface area contributed by atoms with Crippen molar-refractivity contribution in [2.24, 2.45) is 5.92 Å². The van der Waals surface area contributed by atoms with Crippen LogP contribution in [0.5, 0.6) is 0 Å². The second-order valence-electron chi connectivity index (χ2n) is 6.75. The first kappa shape index (κ1) is 20.7.